The van der Waals surface area contributed by atoms with Crippen LogP contribution in [0.2, 0.25) is 0 Å². The first-order valence-electron chi connectivity index (χ1n) is 11.8. The molecular weight excluding hydrogens is 470 g/mol. The second kappa shape index (κ2) is 10.3. The van der Waals surface area contributed by atoms with Crippen LogP contribution in [0.15, 0.2) is 71.7 Å². The van der Waals surface area contributed by atoms with E-state index < -0.39 is 17.5 Å². The molecule has 0 aliphatic rings. The number of rotatable bonds is 8. The zero-order chi connectivity index (χ0) is 26.7. The van der Waals surface area contributed by atoms with Crippen LogP contribution in [-0.4, -0.2) is 40.0 Å². The molecule has 0 saturated heterocycles. The maximum atomic E-state index is 12.0. The Morgan fingerprint density at radius 1 is 1.03 bits per heavy atom. The average Bonchev–Trinajstić information content (AvgIpc) is 3.20. The number of carbonyl (C=O) groups is 2. The van der Waals surface area contributed by atoms with Crippen LogP contribution in [0, 0.1) is 0 Å². The van der Waals surface area contributed by atoms with E-state index in [-0.39, 0.29) is 12.3 Å². The zero-order valence-corrected chi connectivity index (χ0v) is 20.9. The number of aromatic hydroxyl groups is 1. The summed E-state index contributed by atoms with van der Waals surface area (Å²) in [6.45, 7) is 3.82. The molecule has 0 aliphatic heterocycles. The first-order chi connectivity index (χ1) is 17.6. The topological polar surface area (TPSA) is 138 Å². The van der Waals surface area contributed by atoms with Crippen molar-refractivity contribution in [3.63, 3.8) is 0 Å². The molecule has 0 unspecified atom stereocenters. The molecule has 0 radical (unpaired) electrons. The maximum absolute atomic E-state index is 12.0. The number of nitrogens with zero attached hydrogens (tertiary/aromatic N) is 1. The van der Waals surface area contributed by atoms with Gasteiger partial charge in [-0.05, 0) is 61.7 Å². The van der Waals surface area contributed by atoms with Crippen LogP contribution in [0.5, 0.6) is 5.88 Å². The van der Waals surface area contributed by atoms with Crippen molar-refractivity contribution in [2.75, 3.05) is 7.11 Å². The van der Waals surface area contributed by atoms with Gasteiger partial charge >= 0.3 is 11.9 Å². The third-order valence-corrected chi connectivity index (χ3v) is 6.10. The van der Waals surface area contributed by atoms with Crippen molar-refractivity contribution in [3.05, 3.63) is 94.5 Å². The number of benzene rings is 3. The van der Waals surface area contributed by atoms with Gasteiger partial charge in [0.05, 0.1) is 29.6 Å². The fourth-order valence-electron chi connectivity index (χ4n) is 4.16. The molecule has 8 heteroatoms. The molecule has 0 spiro atoms. The minimum absolute atomic E-state index is 0.00179. The van der Waals surface area contributed by atoms with Crippen LogP contribution in [0.4, 0.5) is 5.69 Å². The predicted molar refractivity (Wildman–Crippen MR) is 143 cm³/mol. The summed E-state index contributed by atoms with van der Waals surface area (Å²) in [5.74, 6) is -1.48. The highest BCUT2D eigenvalue weighted by molar-refractivity contribution is 6.22. The predicted octanol–water partition coefficient (Wildman–Crippen LogP) is 5.04. The third kappa shape index (κ3) is 5.70. The number of nitrogens with one attached hydrogen (secondary N) is 1. The first kappa shape index (κ1) is 25.7. The summed E-state index contributed by atoms with van der Waals surface area (Å²) in [4.78, 5) is 31.0. The number of aromatic amines is 1. The number of hydrogen-bond acceptors (Lipinski definition) is 6. The van der Waals surface area contributed by atoms with Crippen molar-refractivity contribution in [2.45, 2.75) is 32.2 Å². The fourth-order valence-corrected chi connectivity index (χ4v) is 4.16. The molecule has 0 fully saturated rings. The van der Waals surface area contributed by atoms with Crippen LogP contribution in [0.25, 0.3) is 10.9 Å². The van der Waals surface area contributed by atoms with Crippen molar-refractivity contribution in [1.82, 2.24) is 4.98 Å². The lowest BCUT2D eigenvalue weighted by molar-refractivity contribution is -0.136. The summed E-state index contributed by atoms with van der Waals surface area (Å²) in [6, 6.07) is 20.0. The molecule has 3 aromatic carbocycles. The second-order valence-corrected chi connectivity index (χ2v) is 9.43. The Bertz CT molecular complexity index is 1510. The fraction of sp³-hybridized carbons (Fsp3) is 0.207. The molecule has 8 nitrogen and oxygen atoms in total. The van der Waals surface area contributed by atoms with E-state index in [9.17, 15) is 14.7 Å². The third-order valence-electron chi connectivity index (χ3n) is 6.10. The monoisotopic (exact) mass is 499 g/mol. The lowest BCUT2D eigenvalue weighted by Crippen LogP contribution is -2.28. The average molecular weight is 500 g/mol. The van der Waals surface area contributed by atoms with Crippen molar-refractivity contribution >= 4 is 34.2 Å². The van der Waals surface area contributed by atoms with Gasteiger partial charge in [-0.1, -0.05) is 36.4 Å². The van der Waals surface area contributed by atoms with Crippen molar-refractivity contribution in [1.29, 1.82) is 0 Å². The number of H-pyrrole nitrogens is 1. The number of aliphatic carboxylic acids is 1. The number of nitrogens with two attached hydrogens (primary N) is 1. The molecule has 5 N–H and O–H groups in total. The Labute approximate surface area is 214 Å². The van der Waals surface area contributed by atoms with Crippen molar-refractivity contribution < 1.29 is 24.5 Å². The molecule has 37 heavy (non-hydrogen) atoms. The van der Waals surface area contributed by atoms with E-state index in [0.29, 0.717) is 45.4 Å². The van der Waals surface area contributed by atoms with Crippen molar-refractivity contribution in [2.24, 2.45) is 10.7 Å². The van der Waals surface area contributed by atoms with Gasteiger partial charge in [0, 0.05) is 28.4 Å². The van der Waals surface area contributed by atoms with E-state index in [1.54, 1.807) is 18.2 Å². The number of carbonyl (C=O) groups excluding carboxylic acids is 1. The number of aliphatic imine (C=N–C) groups is 1. The van der Waals surface area contributed by atoms with Gasteiger partial charge in [0.15, 0.2) is 5.88 Å². The largest absolute Gasteiger partial charge is 0.494 e. The molecular formula is C29H29N3O5. The van der Waals surface area contributed by atoms with E-state index >= 15 is 0 Å². The van der Waals surface area contributed by atoms with Gasteiger partial charge in [-0.3, -0.25) is 4.79 Å². The molecule has 0 bridgehead atoms. The van der Waals surface area contributed by atoms with E-state index in [4.69, 9.17) is 20.6 Å². The number of methoxy groups -OCH3 is 1. The van der Waals surface area contributed by atoms with Crippen LogP contribution in [0.3, 0.4) is 0 Å². The Balaban J connectivity index is 1.92. The highest BCUT2D eigenvalue weighted by Gasteiger charge is 2.21. The summed E-state index contributed by atoms with van der Waals surface area (Å²) in [5.41, 5.74) is 10.6. The van der Waals surface area contributed by atoms with Crippen LogP contribution in [0.1, 0.15) is 52.9 Å². The number of carboxylic acid groups (broad SMARTS) is 1. The SMILES string of the molecule is COC(=O)c1ccc2c(C(=Nc3cccc(C(C)(C)N)c3)c3cccc(CCC(=O)O)c3)c(O)[nH]c2c1. The van der Waals surface area contributed by atoms with Gasteiger partial charge in [0.1, 0.15) is 0 Å². The highest BCUT2D eigenvalue weighted by atomic mass is 16.5. The number of hydrogen-bond donors (Lipinski definition) is 4. The van der Waals surface area contributed by atoms with Crippen LogP contribution < -0.4 is 5.73 Å². The van der Waals surface area contributed by atoms with Gasteiger partial charge in [-0.15, -0.1) is 0 Å². The smallest absolute Gasteiger partial charge is 0.337 e. The number of aromatic nitrogens is 1. The molecule has 0 amide bonds. The van der Waals surface area contributed by atoms with Gasteiger partial charge in [0.25, 0.3) is 0 Å². The number of fused-ring (bicyclic) bond motifs is 1. The summed E-state index contributed by atoms with van der Waals surface area (Å²) in [6.07, 6.45) is 0.355. The maximum Gasteiger partial charge on any atom is 0.337 e. The van der Waals surface area contributed by atoms with E-state index in [2.05, 4.69) is 4.98 Å². The number of aryl methyl sites for hydroxylation is 1. The van der Waals surface area contributed by atoms with E-state index in [0.717, 1.165) is 11.1 Å². The normalized spacial score (nSPS) is 12.1. The zero-order valence-electron chi connectivity index (χ0n) is 20.9. The number of esters is 1. The molecule has 190 valence electrons. The minimum Gasteiger partial charge on any atom is -0.494 e. The van der Waals surface area contributed by atoms with E-state index in [1.165, 1.54) is 7.11 Å². The molecule has 1 heterocycles. The Kier molecular flexibility index (Phi) is 7.13. The van der Waals surface area contributed by atoms with Gasteiger partial charge in [-0.2, -0.15) is 0 Å². The Hall–Kier alpha value is -4.43. The molecule has 4 rings (SSSR count). The molecule has 0 atom stereocenters. The van der Waals surface area contributed by atoms with Gasteiger partial charge < -0.3 is 25.7 Å². The highest BCUT2D eigenvalue weighted by Crippen LogP contribution is 2.33. The number of ether oxygens (including phenoxy) is 1. The Morgan fingerprint density at radius 2 is 1.78 bits per heavy atom. The minimum atomic E-state index is -0.879. The molecule has 4 aromatic rings. The first-order valence-corrected chi connectivity index (χ1v) is 11.8. The Morgan fingerprint density at radius 3 is 2.49 bits per heavy atom. The summed E-state index contributed by atoms with van der Waals surface area (Å²) in [7, 11) is 1.31. The lowest BCUT2D eigenvalue weighted by atomic mass is 9.95. The number of carboxylic acids is 1. The standard InChI is InChI=1S/C29H29N3O5/c1-29(2,30)20-8-5-9-21(16-20)31-26(18-7-4-6-17(14-18)10-13-24(33)34)25-22-12-11-19(28(36)37-3)15-23(22)32-27(25)35/h4-9,11-12,14-16,32,35H,10,13,30H2,1-3H3,(H,33,34). The van der Waals surface area contributed by atoms with Crippen molar-refractivity contribution in [3.8, 4) is 5.88 Å². The summed E-state index contributed by atoms with van der Waals surface area (Å²) < 4.78 is 4.82. The lowest BCUT2D eigenvalue weighted by Gasteiger charge is -2.19. The second-order valence-electron chi connectivity index (χ2n) is 9.43. The molecule has 0 aliphatic carbocycles. The van der Waals surface area contributed by atoms with Gasteiger partial charge in [0.2, 0.25) is 0 Å². The van der Waals surface area contributed by atoms with E-state index in [1.807, 2.05) is 62.4 Å². The molecule has 1 aromatic heterocycles. The van der Waals surface area contributed by atoms with Gasteiger partial charge in [-0.25, -0.2) is 9.79 Å². The summed E-state index contributed by atoms with van der Waals surface area (Å²) >= 11 is 0. The molecule has 0 saturated carbocycles. The van der Waals surface area contributed by atoms with Crippen LogP contribution in [-0.2, 0) is 21.5 Å². The van der Waals surface area contributed by atoms with Crippen LogP contribution >= 0.6 is 0 Å². The summed E-state index contributed by atoms with van der Waals surface area (Å²) in [5, 5.41) is 20.8. The quantitative estimate of drug-likeness (QED) is 0.198.